The van der Waals surface area contributed by atoms with Crippen LogP contribution >= 0.6 is 0 Å². The molecule has 0 bridgehead atoms. The summed E-state index contributed by atoms with van der Waals surface area (Å²) in [5, 5.41) is 25.5. The SMILES string of the molecule is CNc1nc2[nH]c(-c3cccc(NC[C@H](O)CO)n3)cc2c2c1ncn2C. The van der Waals surface area contributed by atoms with Gasteiger partial charge >= 0.3 is 0 Å². The van der Waals surface area contributed by atoms with Crippen molar-refractivity contribution in [3.05, 3.63) is 30.6 Å². The first-order valence-corrected chi connectivity index (χ1v) is 8.62. The Morgan fingerprint density at radius 3 is 2.93 bits per heavy atom. The van der Waals surface area contributed by atoms with Gasteiger partial charge in [-0.3, -0.25) is 0 Å². The molecule has 140 valence electrons. The number of aromatic nitrogens is 5. The summed E-state index contributed by atoms with van der Waals surface area (Å²) in [5.74, 6) is 1.33. The van der Waals surface area contributed by atoms with Crippen LogP contribution in [0.3, 0.4) is 0 Å². The number of aliphatic hydroxyl groups is 2. The molecule has 0 spiro atoms. The zero-order valence-electron chi connectivity index (χ0n) is 15.1. The van der Waals surface area contributed by atoms with Crippen LogP contribution in [0.1, 0.15) is 0 Å². The van der Waals surface area contributed by atoms with Crippen molar-refractivity contribution in [3.8, 4) is 11.4 Å². The molecule has 9 nitrogen and oxygen atoms in total. The van der Waals surface area contributed by atoms with Crippen LogP contribution in [0.4, 0.5) is 11.6 Å². The van der Waals surface area contributed by atoms with E-state index in [1.165, 1.54) is 0 Å². The fourth-order valence-corrected chi connectivity index (χ4v) is 3.08. The Balaban J connectivity index is 1.76. The third kappa shape index (κ3) is 3.07. The number of nitrogens with zero attached hydrogens (tertiary/aromatic N) is 4. The molecule has 4 heterocycles. The van der Waals surface area contributed by atoms with Gasteiger partial charge in [0.25, 0.3) is 0 Å². The minimum Gasteiger partial charge on any atom is -0.394 e. The number of pyridine rings is 2. The van der Waals surface area contributed by atoms with Crippen molar-refractivity contribution in [1.29, 1.82) is 0 Å². The zero-order valence-corrected chi connectivity index (χ0v) is 15.1. The molecule has 4 rings (SSSR count). The fraction of sp³-hybridized carbons (Fsp3) is 0.278. The second-order valence-electron chi connectivity index (χ2n) is 6.33. The molecule has 9 heteroatoms. The van der Waals surface area contributed by atoms with Crippen LogP contribution < -0.4 is 10.6 Å². The van der Waals surface area contributed by atoms with E-state index in [2.05, 4.69) is 30.6 Å². The summed E-state index contributed by atoms with van der Waals surface area (Å²) < 4.78 is 1.97. The number of aromatic amines is 1. The van der Waals surface area contributed by atoms with Crippen LogP contribution in [0.5, 0.6) is 0 Å². The minimum atomic E-state index is -0.828. The summed E-state index contributed by atoms with van der Waals surface area (Å²) in [4.78, 5) is 17.0. The Labute approximate surface area is 155 Å². The fourth-order valence-electron chi connectivity index (χ4n) is 3.08. The number of H-pyrrole nitrogens is 1. The molecular formula is C18H21N7O2. The van der Waals surface area contributed by atoms with Crippen molar-refractivity contribution in [2.24, 2.45) is 7.05 Å². The van der Waals surface area contributed by atoms with Gasteiger partial charge in [-0.25, -0.2) is 15.0 Å². The first kappa shape index (κ1) is 17.3. The van der Waals surface area contributed by atoms with Gasteiger partial charge in [0.2, 0.25) is 0 Å². The topological polar surface area (TPSA) is 124 Å². The van der Waals surface area contributed by atoms with E-state index in [0.717, 1.165) is 33.5 Å². The summed E-state index contributed by atoms with van der Waals surface area (Å²) in [6, 6.07) is 7.61. The predicted molar refractivity (Wildman–Crippen MR) is 105 cm³/mol. The Kier molecular flexibility index (Phi) is 4.38. The molecule has 0 unspecified atom stereocenters. The van der Waals surface area contributed by atoms with E-state index < -0.39 is 6.10 Å². The molecule has 0 aliphatic rings. The maximum absolute atomic E-state index is 9.49. The molecule has 0 aliphatic heterocycles. The van der Waals surface area contributed by atoms with E-state index >= 15 is 0 Å². The molecule has 0 aliphatic carbocycles. The van der Waals surface area contributed by atoms with Gasteiger partial charge in [0, 0.05) is 26.0 Å². The highest BCUT2D eigenvalue weighted by Gasteiger charge is 2.15. The number of aryl methyl sites for hydroxylation is 1. The van der Waals surface area contributed by atoms with Crippen LogP contribution in [-0.2, 0) is 7.05 Å². The average Bonchev–Trinajstić information content (AvgIpc) is 3.29. The van der Waals surface area contributed by atoms with Gasteiger partial charge < -0.3 is 30.4 Å². The monoisotopic (exact) mass is 367 g/mol. The third-order valence-corrected chi connectivity index (χ3v) is 4.43. The van der Waals surface area contributed by atoms with Gasteiger partial charge in [0.15, 0.2) is 5.82 Å². The highest BCUT2D eigenvalue weighted by atomic mass is 16.3. The lowest BCUT2D eigenvalue weighted by Gasteiger charge is -2.10. The maximum atomic E-state index is 9.49. The smallest absolute Gasteiger partial charge is 0.156 e. The lowest BCUT2D eigenvalue weighted by atomic mass is 10.2. The number of aliphatic hydroxyl groups excluding tert-OH is 2. The standard InChI is InChI=1S/C18H21N7O2/c1-19-18-15-16(25(2)9-21-15)11-6-13(23-17(11)24-18)12-4-3-5-14(22-12)20-7-10(27)8-26/h3-6,9-10,26-27H,7-8H2,1-2H3,(H,20,22)(H2,19,23,24)/t10-/m0/s1. The Morgan fingerprint density at radius 1 is 1.30 bits per heavy atom. The van der Waals surface area contributed by atoms with Gasteiger partial charge in [-0.05, 0) is 18.2 Å². The van der Waals surface area contributed by atoms with Crippen molar-refractivity contribution in [3.63, 3.8) is 0 Å². The highest BCUT2D eigenvalue weighted by Crippen LogP contribution is 2.31. The predicted octanol–water partition coefficient (Wildman–Crippen LogP) is 1.32. The van der Waals surface area contributed by atoms with Crippen LogP contribution in [0.15, 0.2) is 30.6 Å². The number of anilines is 2. The highest BCUT2D eigenvalue weighted by molar-refractivity contribution is 6.07. The number of fused-ring (bicyclic) bond motifs is 3. The number of hydrogen-bond donors (Lipinski definition) is 5. The van der Waals surface area contributed by atoms with E-state index in [4.69, 9.17) is 5.11 Å². The summed E-state index contributed by atoms with van der Waals surface area (Å²) in [6.45, 7) is -0.0722. The Bertz CT molecular complexity index is 1100. The van der Waals surface area contributed by atoms with E-state index in [-0.39, 0.29) is 13.2 Å². The zero-order chi connectivity index (χ0) is 19.0. The van der Waals surface area contributed by atoms with E-state index in [1.54, 1.807) is 6.33 Å². The number of rotatable bonds is 6. The van der Waals surface area contributed by atoms with Crippen LogP contribution in [0.2, 0.25) is 0 Å². The number of hydrogen-bond acceptors (Lipinski definition) is 7. The molecule has 4 aromatic heterocycles. The van der Waals surface area contributed by atoms with Crippen LogP contribution in [0, 0.1) is 0 Å². The first-order valence-electron chi connectivity index (χ1n) is 8.62. The summed E-state index contributed by atoms with van der Waals surface area (Å²) >= 11 is 0. The summed E-state index contributed by atoms with van der Waals surface area (Å²) in [7, 11) is 3.78. The van der Waals surface area contributed by atoms with Crippen molar-refractivity contribution >= 4 is 33.7 Å². The van der Waals surface area contributed by atoms with Crippen molar-refractivity contribution in [2.45, 2.75) is 6.10 Å². The van der Waals surface area contributed by atoms with Crippen molar-refractivity contribution in [1.82, 2.24) is 24.5 Å². The van der Waals surface area contributed by atoms with E-state index in [1.807, 2.05) is 42.9 Å². The largest absolute Gasteiger partial charge is 0.394 e. The van der Waals surface area contributed by atoms with Crippen molar-refractivity contribution in [2.75, 3.05) is 30.8 Å². The molecule has 0 amide bonds. The molecule has 27 heavy (non-hydrogen) atoms. The lowest BCUT2D eigenvalue weighted by molar-refractivity contribution is 0.105. The molecule has 4 aromatic rings. The molecule has 0 saturated carbocycles. The van der Waals surface area contributed by atoms with E-state index in [0.29, 0.717) is 11.6 Å². The average molecular weight is 367 g/mol. The summed E-state index contributed by atoms with van der Waals surface area (Å²) in [5.41, 5.74) is 4.14. The number of imidazole rings is 1. The maximum Gasteiger partial charge on any atom is 0.156 e. The molecule has 0 fully saturated rings. The lowest BCUT2D eigenvalue weighted by Crippen LogP contribution is -2.23. The Hall–Kier alpha value is -3.17. The molecule has 0 saturated heterocycles. The van der Waals surface area contributed by atoms with Gasteiger partial charge in [-0.1, -0.05) is 6.07 Å². The first-order chi connectivity index (χ1) is 13.1. The molecule has 0 radical (unpaired) electrons. The van der Waals surface area contributed by atoms with Gasteiger partial charge in [-0.15, -0.1) is 0 Å². The van der Waals surface area contributed by atoms with Gasteiger partial charge in [-0.2, -0.15) is 0 Å². The second kappa shape index (κ2) is 6.86. The molecule has 1 atom stereocenters. The minimum absolute atomic E-state index is 0.225. The molecule has 5 N–H and O–H groups in total. The second-order valence-corrected chi connectivity index (χ2v) is 6.33. The number of nitrogens with one attached hydrogen (secondary N) is 3. The van der Waals surface area contributed by atoms with E-state index in [9.17, 15) is 5.11 Å². The third-order valence-electron chi connectivity index (χ3n) is 4.43. The van der Waals surface area contributed by atoms with Crippen molar-refractivity contribution < 1.29 is 10.2 Å². The van der Waals surface area contributed by atoms with Gasteiger partial charge in [0.1, 0.15) is 17.0 Å². The van der Waals surface area contributed by atoms with Crippen LogP contribution in [0.25, 0.3) is 33.5 Å². The Morgan fingerprint density at radius 2 is 2.15 bits per heavy atom. The molecule has 0 aromatic carbocycles. The van der Waals surface area contributed by atoms with Gasteiger partial charge in [0.05, 0.1) is 35.9 Å². The quantitative estimate of drug-likeness (QED) is 0.348. The summed E-state index contributed by atoms with van der Waals surface area (Å²) in [6.07, 6.45) is 0.944. The van der Waals surface area contributed by atoms with Crippen LogP contribution in [-0.4, -0.2) is 61.0 Å². The molecular weight excluding hydrogens is 346 g/mol. The normalized spacial score (nSPS) is 12.6.